The first kappa shape index (κ1) is 11.4. The minimum atomic E-state index is -0.226. The molecule has 1 aliphatic carbocycles. The molecule has 84 valence electrons. The molecule has 1 aromatic rings. The van der Waals surface area contributed by atoms with Crippen LogP contribution in [0.1, 0.15) is 44.4 Å². The van der Waals surface area contributed by atoms with Crippen LogP contribution in [0.3, 0.4) is 0 Å². The highest BCUT2D eigenvalue weighted by molar-refractivity contribution is 7.10. The summed E-state index contributed by atoms with van der Waals surface area (Å²) in [4.78, 5) is 1.17. The van der Waals surface area contributed by atoms with Gasteiger partial charge in [0.15, 0.2) is 0 Å². The Hall–Kier alpha value is -0.0500. The fourth-order valence-electron chi connectivity index (χ4n) is 2.57. The quantitative estimate of drug-likeness (QED) is 0.788. The van der Waals surface area contributed by atoms with Gasteiger partial charge in [-0.15, -0.1) is 11.3 Å². The molecule has 0 amide bonds. The highest BCUT2D eigenvalue weighted by Gasteiger charge is 2.46. The van der Waals surface area contributed by atoms with Crippen molar-refractivity contribution in [2.45, 2.75) is 45.1 Å². The van der Waals surface area contributed by atoms with Gasteiger partial charge in [-0.05, 0) is 29.7 Å². The molecule has 15 heavy (non-hydrogen) atoms. The predicted molar refractivity (Wildman–Crippen MR) is 67.4 cm³/mol. The number of nitrogens with two attached hydrogens (primary N) is 1. The second kappa shape index (κ2) is 3.76. The normalized spacial score (nSPS) is 30.4. The van der Waals surface area contributed by atoms with Crippen LogP contribution in [0, 0.1) is 5.41 Å². The van der Waals surface area contributed by atoms with E-state index in [9.17, 15) is 0 Å². The first-order chi connectivity index (χ1) is 6.97. The molecule has 0 aromatic carbocycles. The Kier molecular flexibility index (Phi) is 2.87. The molecular formula is C12H18ClNS. The van der Waals surface area contributed by atoms with Gasteiger partial charge in [-0.25, -0.2) is 0 Å². The molecule has 1 nitrogen and oxygen atoms in total. The van der Waals surface area contributed by atoms with Crippen LogP contribution in [0.15, 0.2) is 11.4 Å². The summed E-state index contributed by atoms with van der Waals surface area (Å²) in [6.07, 6.45) is 4.75. The standard InChI is InChI=1S/C12H18ClNS/c1-11(2)6-3-4-7-12(11,14)10-9(13)5-8-15-10/h5,8H,3-4,6-7,14H2,1-2H3. The fourth-order valence-corrected chi connectivity index (χ4v) is 4.11. The summed E-state index contributed by atoms with van der Waals surface area (Å²) < 4.78 is 0. The van der Waals surface area contributed by atoms with Gasteiger partial charge in [-0.1, -0.05) is 38.3 Å². The van der Waals surface area contributed by atoms with Crippen molar-refractivity contribution >= 4 is 22.9 Å². The summed E-state index contributed by atoms with van der Waals surface area (Å²) >= 11 is 7.92. The summed E-state index contributed by atoms with van der Waals surface area (Å²) in [7, 11) is 0. The average Bonchev–Trinajstić information content (AvgIpc) is 2.57. The molecule has 0 aliphatic heterocycles. The van der Waals surface area contributed by atoms with E-state index in [4.69, 9.17) is 17.3 Å². The summed E-state index contributed by atoms with van der Waals surface area (Å²) in [5, 5.41) is 2.88. The molecule has 3 heteroatoms. The zero-order chi connectivity index (χ0) is 11.1. The molecule has 1 atom stereocenters. The molecule has 1 heterocycles. The topological polar surface area (TPSA) is 26.0 Å². The first-order valence-corrected chi connectivity index (χ1v) is 6.75. The van der Waals surface area contributed by atoms with Crippen molar-refractivity contribution in [2.24, 2.45) is 11.1 Å². The zero-order valence-electron chi connectivity index (χ0n) is 9.35. The number of hydrogen-bond donors (Lipinski definition) is 1. The van der Waals surface area contributed by atoms with E-state index < -0.39 is 0 Å². The van der Waals surface area contributed by atoms with Crippen LogP contribution in [0.2, 0.25) is 5.02 Å². The second-order valence-corrected chi connectivity index (χ2v) is 6.48. The first-order valence-electron chi connectivity index (χ1n) is 5.50. The maximum atomic E-state index is 6.63. The van der Waals surface area contributed by atoms with Crippen molar-refractivity contribution in [3.05, 3.63) is 21.3 Å². The van der Waals surface area contributed by atoms with Gasteiger partial charge in [-0.2, -0.15) is 0 Å². The maximum absolute atomic E-state index is 6.63. The molecule has 1 fully saturated rings. The van der Waals surface area contributed by atoms with E-state index >= 15 is 0 Å². The number of thiophene rings is 1. The van der Waals surface area contributed by atoms with Gasteiger partial charge < -0.3 is 5.73 Å². The van der Waals surface area contributed by atoms with Crippen LogP contribution in [0.25, 0.3) is 0 Å². The van der Waals surface area contributed by atoms with E-state index in [1.807, 2.05) is 11.4 Å². The third-order valence-electron chi connectivity index (χ3n) is 3.85. The lowest BCUT2D eigenvalue weighted by molar-refractivity contribution is 0.101. The smallest absolute Gasteiger partial charge is 0.0570 e. The van der Waals surface area contributed by atoms with Crippen molar-refractivity contribution < 1.29 is 0 Å². The fraction of sp³-hybridized carbons (Fsp3) is 0.667. The lowest BCUT2D eigenvalue weighted by atomic mass is 9.63. The molecule has 2 rings (SSSR count). The Labute approximate surface area is 101 Å². The Morgan fingerprint density at radius 2 is 2.00 bits per heavy atom. The molecule has 1 aliphatic rings. The largest absolute Gasteiger partial charge is 0.320 e. The SMILES string of the molecule is CC1(C)CCCCC1(N)c1sccc1Cl. The highest BCUT2D eigenvalue weighted by atomic mass is 35.5. The van der Waals surface area contributed by atoms with Crippen LogP contribution < -0.4 is 5.73 Å². The highest BCUT2D eigenvalue weighted by Crippen LogP contribution is 2.51. The van der Waals surface area contributed by atoms with Crippen molar-refractivity contribution in [3.63, 3.8) is 0 Å². The number of halogens is 1. The van der Waals surface area contributed by atoms with E-state index in [0.29, 0.717) is 0 Å². The monoisotopic (exact) mass is 243 g/mol. The molecular weight excluding hydrogens is 226 g/mol. The summed E-state index contributed by atoms with van der Waals surface area (Å²) in [5.74, 6) is 0. The lowest BCUT2D eigenvalue weighted by Gasteiger charge is -2.47. The van der Waals surface area contributed by atoms with Gasteiger partial charge in [0.25, 0.3) is 0 Å². The molecule has 0 spiro atoms. The summed E-state index contributed by atoms with van der Waals surface area (Å²) in [6, 6.07) is 1.96. The predicted octanol–water partition coefficient (Wildman–Crippen LogP) is 4.16. The van der Waals surface area contributed by atoms with E-state index in [-0.39, 0.29) is 11.0 Å². The molecule has 0 radical (unpaired) electrons. The van der Waals surface area contributed by atoms with Crippen LogP contribution in [-0.4, -0.2) is 0 Å². The van der Waals surface area contributed by atoms with E-state index in [2.05, 4.69) is 13.8 Å². The van der Waals surface area contributed by atoms with Crippen molar-refractivity contribution in [2.75, 3.05) is 0 Å². The molecule has 1 saturated carbocycles. The third kappa shape index (κ3) is 1.73. The van der Waals surface area contributed by atoms with E-state index in [1.165, 1.54) is 24.1 Å². The Morgan fingerprint density at radius 1 is 1.33 bits per heavy atom. The molecule has 1 unspecified atom stereocenters. The molecule has 0 bridgehead atoms. The minimum Gasteiger partial charge on any atom is -0.320 e. The second-order valence-electron chi connectivity index (χ2n) is 5.16. The van der Waals surface area contributed by atoms with Gasteiger partial charge in [0.2, 0.25) is 0 Å². The third-order valence-corrected chi connectivity index (χ3v) is 5.37. The molecule has 0 saturated heterocycles. The Balaban J connectivity index is 2.44. The Morgan fingerprint density at radius 3 is 2.53 bits per heavy atom. The van der Waals surface area contributed by atoms with Crippen molar-refractivity contribution in [3.8, 4) is 0 Å². The van der Waals surface area contributed by atoms with E-state index in [0.717, 1.165) is 11.4 Å². The summed E-state index contributed by atoms with van der Waals surface area (Å²) in [6.45, 7) is 4.53. The molecule has 2 N–H and O–H groups in total. The summed E-state index contributed by atoms with van der Waals surface area (Å²) in [5.41, 5.74) is 6.56. The van der Waals surface area contributed by atoms with E-state index in [1.54, 1.807) is 11.3 Å². The number of rotatable bonds is 1. The maximum Gasteiger partial charge on any atom is 0.0570 e. The van der Waals surface area contributed by atoms with Crippen LogP contribution in [0.5, 0.6) is 0 Å². The minimum absolute atomic E-state index is 0.153. The number of hydrogen-bond acceptors (Lipinski definition) is 2. The van der Waals surface area contributed by atoms with Crippen LogP contribution >= 0.6 is 22.9 Å². The van der Waals surface area contributed by atoms with Gasteiger partial charge in [0.1, 0.15) is 0 Å². The van der Waals surface area contributed by atoms with Gasteiger partial charge in [0.05, 0.1) is 10.6 Å². The molecule has 1 aromatic heterocycles. The van der Waals surface area contributed by atoms with Gasteiger partial charge in [0, 0.05) is 4.88 Å². The van der Waals surface area contributed by atoms with Gasteiger partial charge in [-0.3, -0.25) is 0 Å². The lowest BCUT2D eigenvalue weighted by Crippen LogP contribution is -2.51. The van der Waals surface area contributed by atoms with Crippen LogP contribution in [-0.2, 0) is 5.54 Å². The zero-order valence-corrected chi connectivity index (χ0v) is 10.9. The van der Waals surface area contributed by atoms with Crippen molar-refractivity contribution in [1.82, 2.24) is 0 Å². The average molecular weight is 244 g/mol. The van der Waals surface area contributed by atoms with Gasteiger partial charge >= 0.3 is 0 Å². The van der Waals surface area contributed by atoms with Crippen molar-refractivity contribution in [1.29, 1.82) is 0 Å². The van der Waals surface area contributed by atoms with Crippen LogP contribution in [0.4, 0.5) is 0 Å². The Bertz CT molecular complexity index is 358.